The second kappa shape index (κ2) is 3.85. The van der Waals surface area contributed by atoms with Gasteiger partial charge in [0.1, 0.15) is 0 Å². The minimum Gasteiger partial charge on any atom is -0.447 e. The summed E-state index contributed by atoms with van der Waals surface area (Å²) < 4.78 is 18.7. The first kappa shape index (κ1) is 9.90. The van der Waals surface area contributed by atoms with Gasteiger partial charge >= 0.3 is 5.97 Å². The topological polar surface area (TPSA) is 26.3 Å². The van der Waals surface area contributed by atoms with E-state index < -0.39 is 17.9 Å². The van der Waals surface area contributed by atoms with Crippen molar-refractivity contribution in [3.05, 3.63) is 47.3 Å². The molecule has 78 valence electrons. The summed E-state index contributed by atoms with van der Waals surface area (Å²) in [5.41, 5.74) is 0.829. The van der Waals surface area contributed by atoms with Crippen LogP contribution in [0, 0.1) is 0 Å². The quantitative estimate of drug-likeness (QED) is 0.695. The van der Waals surface area contributed by atoms with Gasteiger partial charge in [0, 0.05) is 0 Å². The van der Waals surface area contributed by atoms with E-state index >= 15 is 0 Å². The van der Waals surface area contributed by atoms with Gasteiger partial charge in [0.15, 0.2) is 11.9 Å². The molecule has 0 N–H and O–H groups in total. The summed E-state index contributed by atoms with van der Waals surface area (Å²) in [6.07, 6.45) is -0.470. The van der Waals surface area contributed by atoms with Gasteiger partial charge in [-0.2, -0.15) is 0 Å². The lowest BCUT2D eigenvalue weighted by molar-refractivity contribution is -0.140. The maximum atomic E-state index is 13.7. The molecule has 0 amide bonds. The summed E-state index contributed by atoms with van der Waals surface area (Å²) in [7, 11) is 0. The third-order valence-corrected chi connectivity index (χ3v) is 2.45. The monoisotopic (exact) mass is 206 g/mol. The molecule has 0 radical (unpaired) electrons. The molecular weight excluding hydrogens is 195 g/mol. The van der Waals surface area contributed by atoms with Gasteiger partial charge in [-0.25, -0.2) is 9.18 Å². The Balaban J connectivity index is 2.35. The van der Waals surface area contributed by atoms with Crippen molar-refractivity contribution in [2.45, 2.75) is 19.4 Å². The highest BCUT2D eigenvalue weighted by Gasteiger charge is 2.34. The number of carbonyl (C=O) groups excluding carboxylic acids is 1. The minimum atomic E-state index is -0.839. The fourth-order valence-corrected chi connectivity index (χ4v) is 1.64. The summed E-state index contributed by atoms with van der Waals surface area (Å²) in [4.78, 5) is 11.3. The van der Waals surface area contributed by atoms with Gasteiger partial charge in [-0.1, -0.05) is 37.3 Å². The van der Waals surface area contributed by atoms with Crippen LogP contribution in [0.2, 0.25) is 0 Å². The molecule has 1 atom stereocenters. The van der Waals surface area contributed by atoms with Crippen LogP contribution in [-0.4, -0.2) is 5.97 Å². The Morgan fingerprint density at radius 3 is 2.53 bits per heavy atom. The Hall–Kier alpha value is -1.64. The maximum Gasteiger partial charge on any atom is 0.337 e. The van der Waals surface area contributed by atoms with E-state index in [1.165, 1.54) is 0 Å². The lowest BCUT2D eigenvalue weighted by atomic mass is 10.1. The average molecular weight is 206 g/mol. The third kappa shape index (κ3) is 1.65. The summed E-state index contributed by atoms with van der Waals surface area (Å²) in [5.74, 6) is -0.988. The van der Waals surface area contributed by atoms with Crippen LogP contribution in [0.5, 0.6) is 0 Å². The molecule has 3 heteroatoms. The zero-order valence-electron chi connectivity index (χ0n) is 8.37. The van der Waals surface area contributed by atoms with Crippen LogP contribution in [0.25, 0.3) is 0 Å². The van der Waals surface area contributed by atoms with Crippen LogP contribution in [-0.2, 0) is 9.53 Å². The van der Waals surface area contributed by atoms with Crippen LogP contribution in [0.15, 0.2) is 41.7 Å². The fraction of sp³-hybridized carbons (Fsp3) is 0.250. The zero-order chi connectivity index (χ0) is 10.8. The molecule has 2 rings (SSSR count). The molecule has 2 nitrogen and oxygen atoms in total. The highest BCUT2D eigenvalue weighted by molar-refractivity contribution is 5.91. The van der Waals surface area contributed by atoms with Crippen molar-refractivity contribution in [3.63, 3.8) is 0 Å². The SMILES string of the molecule is CCC1=C(F)C(c2ccccc2)OC1=O. The van der Waals surface area contributed by atoms with Crippen LogP contribution in [0.4, 0.5) is 4.39 Å². The molecule has 1 aromatic rings. The molecule has 0 spiro atoms. The van der Waals surface area contributed by atoms with Crippen molar-refractivity contribution in [2.75, 3.05) is 0 Å². The number of cyclic esters (lactones) is 1. The number of esters is 1. The van der Waals surface area contributed by atoms with Crippen LogP contribution < -0.4 is 0 Å². The molecule has 0 saturated carbocycles. The van der Waals surface area contributed by atoms with Crippen molar-refractivity contribution in [1.29, 1.82) is 0 Å². The van der Waals surface area contributed by atoms with Crippen molar-refractivity contribution >= 4 is 5.97 Å². The lowest BCUT2D eigenvalue weighted by Crippen LogP contribution is -2.02. The summed E-state index contributed by atoms with van der Waals surface area (Å²) in [6.45, 7) is 1.74. The second-order valence-electron chi connectivity index (χ2n) is 3.38. The summed E-state index contributed by atoms with van der Waals surface area (Å²) >= 11 is 0. The zero-order valence-corrected chi connectivity index (χ0v) is 8.37. The van der Waals surface area contributed by atoms with Gasteiger partial charge in [0.2, 0.25) is 0 Å². The molecular formula is C12H11FO2. The molecule has 0 aliphatic carbocycles. The molecule has 0 saturated heterocycles. The maximum absolute atomic E-state index is 13.7. The van der Waals surface area contributed by atoms with Gasteiger partial charge in [0.05, 0.1) is 5.57 Å². The van der Waals surface area contributed by atoms with E-state index in [1.54, 1.807) is 31.2 Å². The highest BCUT2D eigenvalue weighted by atomic mass is 19.1. The Morgan fingerprint density at radius 2 is 2.00 bits per heavy atom. The van der Waals surface area contributed by atoms with Gasteiger partial charge in [-0.15, -0.1) is 0 Å². The average Bonchev–Trinajstić information content (AvgIpc) is 2.55. The van der Waals surface area contributed by atoms with Crippen LogP contribution in [0.3, 0.4) is 0 Å². The smallest absolute Gasteiger partial charge is 0.337 e. The number of hydrogen-bond acceptors (Lipinski definition) is 2. The predicted octanol–water partition coefficient (Wildman–Crippen LogP) is 2.92. The normalized spacial score (nSPS) is 20.7. The van der Waals surface area contributed by atoms with E-state index in [1.807, 2.05) is 6.07 Å². The predicted molar refractivity (Wildman–Crippen MR) is 53.7 cm³/mol. The standard InChI is InChI=1S/C12H11FO2/c1-2-9-10(13)11(15-12(9)14)8-6-4-3-5-7-8/h3-7,11H,2H2,1H3. The number of rotatable bonds is 2. The van der Waals surface area contributed by atoms with Crippen LogP contribution >= 0.6 is 0 Å². The van der Waals surface area contributed by atoms with Crippen molar-refractivity contribution < 1.29 is 13.9 Å². The van der Waals surface area contributed by atoms with Gasteiger partial charge in [0.25, 0.3) is 0 Å². The van der Waals surface area contributed by atoms with Gasteiger partial charge in [-0.3, -0.25) is 0 Å². The second-order valence-corrected chi connectivity index (χ2v) is 3.38. The summed E-state index contributed by atoms with van der Waals surface area (Å²) in [5, 5.41) is 0. The Kier molecular flexibility index (Phi) is 2.54. The first-order valence-corrected chi connectivity index (χ1v) is 4.88. The number of halogens is 1. The first-order valence-electron chi connectivity index (χ1n) is 4.88. The molecule has 1 aromatic carbocycles. The number of ether oxygens (including phenoxy) is 1. The Bertz CT molecular complexity index is 409. The number of hydrogen-bond donors (Lipinski definition) is 0. The molecule has 0 aromatic heterocycles. The number of benzene rings is 1. The third-order valence-electron chi connectivity index (χ3n) is 2.45. The molecule has 0 bridgehead atoms. The van der Waals surface area contributed by atoms with E-state index in [0.717, 1.165) is 0 Å². The first-order chi connectivity index (χ1) is 7.24. The molecule has 1 unspecified atom stereocenters. The van der Waals surface area contributed by atoms with E-state index in [2.05, 4.69) is 0 Å². The van der Waals surface area contributed by atoms with E-state index in [9.17, 15) is 9.18 Å². The fourth-order valence-electron chi connectivity index (χ4n) is 1.64. The lowest BCUT2D eigenvalue weighted by Gasteiger charge is -2.08. The van der Waals surface area contributed by atoms with Crippen LogP contribution in [0.1, 0.15) is 25.0 Å². The Morgan fingerprint density at radius 1 is 1.33 bits per heavy atom. The number of carbonyl (C=O) groups is 1. The minimum absolute atomic E-state index is 0.156. The van der Waals surface area contributed by atoms with E-state index in [4.69, 9.17) is 4.74 Å². The van der Waals surface area contributed by atoms with Gasteiger partial charge < -0.3 is 4.74 Å². The summed E-state index contributed by atoms with van der Waals surface area (Å²) in [6, 6.07) is 8.91. The van der Waals surface area contributed by atoms with Crippen molar-refractivity contribution in [3.8, 4) is 0 Å². The molecule has 1 heterocycles. The molecule has 15 heavy (non-hydrogen) atoms. The van der Waals surface area contributed by atoms with Crippen molar-refractivity contribution in [2.24, 2.45) is 0 Å². The van der Waals surface area contributed by atoms with Gasteiger partial charge in [-0.05, 0) is 12.0 Å². The van der Waals surface area contributed by atoms with E-state index in [-0.39, 0.29) is 5.57 Å². The molecule has 1 aliphatic rings. The molecule has 1 aliphatic heterocycles. The molecule has 0 fully saturated rings. The Labute approximate surface area is 87.4 Å². The van der Waals surface area contributed by atoms with E-state index in [0.29, 0.717) is 12.0 Å². The largest absolute Gasteiger partial charge is 0.447 e. The van der Waals surface area contributed by atoms with Crippen molar-refractivity contribution in [1.82, 2.24) is 0 Å². The highest BCUT2D eigenvalue weighted by Crippen LogP contribution is 2.36.